The maximum atomic E-state index is 12.4. The lowest BCUT2D eigenvalue weighted by atomic mass is 9.48. The van der Waals surface area contributed by atoms with Gasteiger partial charge in [-0.1, -0.05) is 0 Å². The van der Waals surface area contributed by atoms with E-state index in [1.807, 2.05) is 0 Å². The third-order valence-electron chi connectivity index (χ3n) is 7.56. The van der Waals surface area contributed by atoms with E-state index in [1.165, 1.54) is 50.3 Å². The third kappa shape index (κ3) is 5.13. The Morgan fingerprint density at radius 1 is 1.07 bits per heavy atom. The van der Waals surface area contributed by atoms with Gasteiger partial charge in [0.2, 0.25) is 5.91 Å². The standard InChI is InChI=1S/C22H34N2O5S/c1-15(22-9-16-6-17(10-22)8-18(7-16)11-22)23-19(25)12-29-21(27)14-30-13-20(26)24-2-4-28-5-3-24/h15-18H,2-14H2,1H3,(H,23,25)/t15-,16?,17?,18?,22?/m1/s1. The normalized spacial score (nSPS) is 33.2. The fourth-order valence-electron chi connectivity index (χ4n) is 6.46. The van der Waals surface area contributed by atoms with Crippen LogP contribution >= 0.6 is 11.8 Å². The van der Waals surface area contributed by atoms with Crippen LogP contribution in [0.4, 0.5) is 0 Å². The molecule has 2 amide bonds. The molecular weight excluding hydrogens is 404 g/mol. The van der Waals surface area contributed by atoms with E-state index in [0.717, 1.165) is 17.8 Å². The minimum absolute atomic E-state index is 0.0123. The molecule has 0 aromatic carbocycles. The molecule has 30 heavy (non-hydrogen) atoms. The summed E-state index contributed by atoms with van der Waals surface area (Å²) in [5.41, 5.74) is 0.240. The van der Waals surface area contributed by atoms with Gasteiger partial charge in [0.25, 0.3) is 5.91 Å². The molecule has 4 aliphatic carbocycles. The Morgan fingerprint density at radius 3 is 2.27 bits per heavy atom. The number of hydrogen-bond acceptors (Lipinski definition) is 6. The molecule has 1 N–H and O–H groups in total. The van der Waals surface area contributed by atoms with E-state index in [2.05, 4.69) is 12.2 Å². The van der Waals surface area contributed by atoms with Crippen LogP contribution in [0.3, 0.4) is 0 Å². The SMILES string of the molecule is C[C@@H](NC(=O)COC(=O)CSCC(=O)N1CCOCC1)C12CC3CC(CC(C3)C1)C2. The van der Waals surface area contributed by atoms with Gasteiger partial charge in [-0.2, -0.15) is 0 Å². The lowest BCUT2D eigenvalue weighted by molar-refractivity contribution is -0.147. The van der Waals surface area contributed by atoms with Gasteiger partial charge in [-0.25, -0.2) is 0 Å². The van der Waals surface area contributed by atoms with E-state index >= 15 is 0 Å². The molecule has 8 heteroatoms. The van der Waals surface area contributed by atoms with Crippen molar-refractivity contribution in [3.63, 3.8) is 0 Å². The first-order valence-corrected chi connectivity index (χ1v) is 12.5. The predicted octanol–water partition coefficient (Wildman–Crippen LogP) is 1.84. The molecule has 4 saturated carbocycles. The second kappa shape index (κ2) is 9.47. The lowest BCUT2D eigenvalue weighted by Gasteiger charge is -2.59. The summed E-state index contributed by atoms with van der Waals surface area (Å²) in [6.07, 6.45) is 7.83. The minimum Gasteiger partial charge on any atom is -0.455 e. The van der Waals surface area contributed by atoms with Gasteiger partial charge in [-0.3, -0.25) is 14.4 Å². The highest BCUT2D eigenvalue weighted by atomic mass is 32.2. The van der Waals surface area contributed by atoms with Gasteiger partial charge in [0.1, 0.15) is 0 Å². The fraction of sp³-hybridized carbons (Fsp3) is 0.864. The largest absolute Gasteiger partial charge is 0.455 e. The topological polar surface area (TPSA) is 84.9 Å². The predicted molar refractivity (Wildman–Crippen MR) is 114 cm³/mol. The van der Waals surface area contributed by atoms with Crippen molar-refractivity contribution < 1.29 is 23.9 Å². The number of amides is 2. The smallest absolute Gasteiger partial charge is 0.316 e. The molecular formula is C22H34N2O5S. The molecule has 4 bridgehead atoms. The first kappa shape index (κ1) is 21.9. The molecule has 5 aliphatic rings. The summed E-state index contributed by atoms with van der Waals surface area (Å²) in [6, 6.07) is 0.123. The van der Waals surface area contributed by atoms with E-state index in [-0.39, 0.29) is 41.4 Å². The molecule has 5 rings (SSSR count). The first-order chi connectivity index (χ1) is 14.4. The fourth-order valence-corrected chi connectivity index (χ4v) is 7.17. The number of carbonyl (C=O) groups is 3. The van der Waals surface area contributed by atoms with E-state index < -0.39 is 5.97 Å². The van der Waals surface area contributed by atoms with Crippen LogP contribution < -0.4 is 5.32 Å². The number of carbonyl (C=O) groups excluding carboxylic acids is 3. The highest BCUT2D eigenvalue weighted by Crippen LogP contribution is 2.61. The first-order valence-electron chi connectivity index (χ1n) is 11.3. The Labute approximate surface area is 183 Å². The summed E-state index contributed by atoms with van der Waals surface area (Å²) >= 11 is 1.23. The van der Waals surface area contributed by atoms with E-state index in [0.29, 0.717) is 26.3 Å². The number of thioether (sulfide) groups is 1. The number of morpholine rings is 1. The van der Waals surface area contributed by atoms with Crippen molar-refractivity contribution >= 4 is 29.5 Å². The summed E-state index contributed by atoms with van der Waals surface area (Å²) in [5, 5.41) is 3.11. The van der Waals surface area contributed by atoms with E-state index in [1.54, 1.807) is 4.90 Å². The maximum Gasteiger partial charge on any atom is 0.316 e. The molecule has 1 aliphatic heterocycles. The molecule has 5 fully saturated rings. The van der Waals surface area contributed by atoms with Crippen LogP contribution in [0, 0.1) is 23.2 Å². The average Bonchev–Trinajstić information content (AvgIpc) is 2.72. The summed E-state index contributed by atoms with van der Waals surface area (Å²) in [7, 11) is 0. The van der Waals surface area contributed by atoms with Crippen LogP contribution in [0.25, 0.3) is 0 Å². The molecule has 0 radical (unpaired) electrons. The van der Waals surface area contributed by atoms with Gasteiger partial charge >= 0.3 is 5.97 Å². The number of nitrogens with zero attached hydrogens (tertiary/aromatic N) is 1. The minimum atomic E-state index is -0.451. The highest BCUT2D eigenvalue weighted by Gasteiger charge is 2.53. The molecule has 0 aromatic rings. The number of esters is 1. The number of ether oxygens (including phenoxy) is 2. The van der Waals surface area contributed by atoms with Gasteiger partial charge < -0.3 is 19.7 Å². The second-order valence-electron chi connectivity index (χ2n) is 9.72. The molecule has 1 atom stereocenters. The molecule has 0 aromatic heterocycles. The molecule has 0 unspecified atom stereocenters. The third-order valence-corrected chi connectivity index (χ3v) is 8.45. The summed E-state index contributed by atoms with van der Waals surface area (Å²) in [6.45, 7) is 4.22. The van der Waals surface area contributed by atoms with Crippen molar-refractivity contribution in [2.75, 3.05) is 44.4 Å². The Kier molecular flexibility index (Phi) is 6.92. The van der Waals surface area contributed by atoms with Crippen molar-refractivity contribution in [2.45, 2.75) is 51.5 Å². The zero-order chi connectivity index (χ0) is 21.1. The molecule has 1 heterocycles. The molecule has 7 nitrogen and oxygen atoms in total. The van der Waals surface area contributed by atoms with Crippen LogP contribution in [-0.2, 0) is 23.9 Å². The monoisotopic (exact) mass is 438 g/mol. The van der Waals surface area contributed by atoms with Gasteiger partial charge in [-0.15, -0.1) is 11.8 Å². The highest BCUT2D eigenvalue weighted by molar-refractivity contribution is 8.00. The molecule has 1 saturated heterocycles. The Hall–Kier alpha value is -1.28. The van der Waals surface area contributed by atoms with Crippen LogP contribution in [-0.4, -0.2) is 73.1 Å². The molecule has 0 spiro atoms. The Morgan fingerprint density at radius 2 is 1.67 bits per heavy atom. The zero-order valence-electron chi connectivity index (χ0n) is 17.9. The van der Waals surface area contributed by atoms with E-state index in [4.69, 9.17) is 9.47 Å². The van der Waals surface area contributed by atoms with Crippen molar-refractivity contribution in [1.82, 2.24) is 10.2 Å². The number of rotatable bonds is 8. The van der Waals surface area contributed by atoms with Crippen LogP contribution in [0.2, 0.25) is 0 Å². The van der Waals surface area contributed by atoms with Gasteiger partial charge in [0.15, 0.2) is 6.61 Å². The maximum absolute atomic E-state index is 12.4. The van der Waals surface area contributed by atoms with Crippen molar-refractivity contribution in [3.05, 3.63) is 0 Å². The Bertz CT molecular complexity index is 629. The number of nitrogens with one attached hydrogen (secondary N) is 1. The van der Waals surface area contributed by atoms with E-state index in [9.17, 15) is 14.4 Å². The number of hydrogen-bond donors (Lipinski definition) is 1. The Balaban J connectivity index is 1.13. The average molecular weight is 439 g/mol. The lowest BCUT2D eigenvalue weighted by Crippen LogP contribution is -2.56. The second-order valence-corrected chi connectivity index (χ2v) is 10.7. The quantitative estimate of drug-likeness (QED) is 0.582. The van der Waals surface area contributed by atoms with Crippen LogP contribution in [0.15, 0.2) is 0 Å². The summed E-state index contributed by atoms with van der Waals surface area (Å²) in [4.78, 5) is 38.1. The van der Waals surface area contributed by atoms with Crippen molar-refractivity contribution in [1.29, 1.82) is 0 Å². The van der Waals surface area contributed by atoms with Crippen molar-refractivity contribution in [2.24, 2.45) is 23.2 Å². The summed E-state index contributed by atoms with van der Waals surface area (Å²) < 4.78 is 10.4. The summed E-state index contributed by atoms with van der Waals surface area (Å²) in [5.74, 6) is 2.17. The van der Waals surface area contributed by atoms with Crippen LogP contribution in [0.5, 0.6) is 0 Å². The van der Waals surface area contributed by atoms with Gasteiger partial charge in [-0.05, 0) is 68.6 Å². The van der Waals surface area contributed by atoms with Crippen LogP contribution in [0.1, 0.15) is 45.4 Å². The molecule has 168 valence electrons. The zero-order valence-corrected chi connectivity index (χ0v) is 18.7. The van der Waals surface area contributed by atoms with Gasteiger partial charge in [0, 0.05) is 19.1 Å². The van der Waals surface area contributed by atoms with Crippen molar-refractivity contribution in [3.8, 4) is 0 Å². The van der Waals surface area contributed by atoms with Gasteiger partial charge in [0.05, 0.1) is 24.7 Å².